The molecule has 1 fully saturated rings. The van der Waals surface area contributed by atoms with E-state index < -0.39 is 11.8 Å². The molecule has 32 heavy (non-hydrogen) atoms. The van der Waals surface area contributed by atoms with Crippen molar-refractivity contribution < 1.29 is 14.1 Å². The summed E-state index contributed by atoms with van der Waals surface area (Å²) >= 11 is 0. The third kappa shape index (κ3) is 3.59. The first kappa shape index (κ1) is 19.9. The number of amides is 2. The number of aromatic nitrogens is 5. The predicted octanol–water partition coefficient (Wildman–Crippen LogP) is 2.71. The predicted molar refractivity (Wildman–Crippen MR) is 115 cm³/mol. The number of fused-ring (bicyclic) bond motifs is 1. The number of nitrogens with one attached hydrogen (secondary N) is 1. The van der Waals surface area contributed by atoms with Gasteiger partial charge in [0.05, 0.1) is 28.2 Å². The van der Waals surface area contributed by atoms with Gasteiger partial charge in [-0.15, -0.1) is 0 Å². The lowest BCUT2D eigenvalue weighted by Crippen LogP contribution is -2.18. The van der Waals surface area contributed by atoms with Crippen molar-refractivity contribution >= 4 is 28.4 Å². The van der Waals surface area contributed by atoms with Crippen molar-refractivity contribution in [1.29, 1.82) is 0 Å². The number of anilines is 1. The molecule has 3 aromatic heterocycles. The van der Waals surface area contributed by atoms with Gasteiger partial charge in [0.2, 0.25) is 11.8 Å². The number of hydrogen-bond donors (Lipinski definition) is 2. The van der Waals surface area contributed by atoms with Crippen LogP contribution in [0.5, 0.6) is 0 Å². The molecule has 0 saturated heterocycles. The summed E-state index contributed by atoms with van der Waals surface area (Å²) in [6.45, 7) is 3.95. The first-order valence-electron chi connectivity index (χ1n) is 10.3. The lowest BCUT2D eigenvalue weighted by molar-refractivity contribution is 0.100. The molecule has 10 nitrogen and oxygen atoms in total. The van der Waals surface area contributed by atoms with Gasteiger partial charge >= 0.3 is 0 Å². The lowest BCUT2D eigenvalue weighted by Gasteiger charge is -2.09. The molecule has 0 bridgehead atoms. The van der Waals surface area contributed by atoms with E-state index in [0.717, 1.165) is 24.4 Å². The summed E-state index contributed by atoms with van der Waals surface area (Å²) in [6.07, 6.45) is 2.19. The molecule has 1 aromatic carbocycles. The molecular weight excluding hydrogens is 410 g/mol. The Morgan fingerprint density at radius 2 is 2.00 bits per heavy atom. The molecule has 1 aliphatic rings. The quantitative estimate of drug-likeness (QED) is 0.478. The van der Waals surface area contributed by atoms with Crippen LogP contribution in [0.1, 0.15) is 62.7 Å². The van der Waals surface area contributed by atoms with Gasteiger partial charge in [0, 0.05) is 11.3 Å². The van der Waals surface area contributed by atoms with Crippen LogP contribution < -0.4 is 11.1 Å². The average Bonchev–Trinajstić information content (AvgIpc) is 3.48. The van der Waals surface area contributed by atoms with Crippen LogP contribution in [0.2, 0.25) is 0 Å². The first-order valence-corrected chi connectivity index (χ1v) is 10.3. The number of carbonyl (C=O) groups is 2. The summed E-state index contributed by atoms with van der Waals surface area (Å²) in [5.74, 6) is 0.531. The average molecular weight is 431 g/mol. The maximum absolute atomic E-state index is 13.0. The molecule has 4 aromatic rings. The zero-order chi connectivity index (χ0) is 22.4. The van der Waals surface area contributed by atoms with E-state index in [9.17, 15) is 9.59 Å². The number of hydrogen-bond acceptors (Lipinski definition) is 7. The van der Waals surface area contributed by atoms with Crippen LogP contribution in [-0.4, -0.2) is 36.7 Å². The number of benzene rings is 1. The van der Waals surface area contributed by atoms with Crippen LogP contribution in [0.15, 0.2) is 34.9 Å². The molecule has 1 aliphatic carbocycles. The maximum atomic E-state index is 13.0. The third-order valence-corrected chi connectivity index (χ3v) is 5.55. The van der Waals surface area contributed by atoms with Gasteiger partial charge in [0.1, 0.15) is 12.2 Å². The van der Waals surface area contributed by atoms with Gasteiger partial charge in [-0.1, -0.05) is 23.4 Å². The Labute approximate surface area is 182 Å². The van der Waals surface area contributed by atoms with E-state index in [0.29, 0.717) is 40.6 Å². The maximum Gasteiger partial charge on any atom is 0.274 e. The smallest absolute Gasteiger partial charge is 0.274 e. The molecule has 162 valence electrons. The minimum atomic E-state index is -0.622. The van der Waals surface area contributed by atoms with E-state index >= 15 is 0 Å². The Hall–Kier alpha value is -4.08. The number of para-hydroxylation sites is 1. The molecule has 0 radical (unpaired) electrons. The molecule has 1 saturated carbocycles. The third-order valence-electron chi connectivity index (χ3n) is 5.55. The summed E-state index contributed by atoms with van der Waals surface area (Å²) in [5.41, 5.74) is 8.30. The number of primary amides is 1. The van der Waals surface area contributed by atoms with Crippen molar-refractivity contribution in [2.24, 2.45) is 5.73 Å². The Bertz CT molecular complexity index is 1370. The molecule has 10 heteroatoms. The van der Waals surface area contributed by atoms with Gasteiger partial charge < -0.3 is 15.6 Å². The Morgan fingerprint density at radius 3 is 2.75 bits per heavy atom. The molecule has 5 rings (SSSR count). The van der Waals surface area contributed by atoms with Crippen LogP contribution in [0.25, 0.3) is 10.9 Å². The second-order valence-electron chi connectivity index (χ2n) is 7.91. The molecule has 3 heterocycles. The molecule has 0 aliphatic heterocycles. The first-order chi connectivity index (χ1) is 15.4. The van der Waals surface area contributed by atoms with Gasteiger partial charge in [-0.25, -0.2) is 4.98 Å². The molecule has 0 unspecified atom stereocenters. The van der Waals surface area contributed by atoms with Gasteiger partial charge in [0.25, 0.3) is 5.91 Å². The largest absolute Gasteiger partial charge is 0.366 e. The highest BCUT2D eigenvalue weighted by Crippen LogP contribution is 2.38. The van der Waals surface area contributed by atoms with E-state index in [-0.39, 0.29) is 11.3 Å². The summed E-state index contributed by atoms with van der Waals surface area (Å²) in [5, 5.41) is 12.0. The van der Waals surface area contributed by atoms with Crippen LogP contribution >= 0.6 is 0 Å². The zero-order valence-corrected chi connectivity index (χ0v) is 17.6. The normalized spacial score (nSPS) is 13.4. The monoisotopic (exact) mass is 431 g/mol. The van der Waals surface area contributed by atoms with Gasteiger partial charge in [-0.3, -0.25) is 14.3 Å². The SMILES string of the molecule is Cc1nn(Cc2nc(C3CC3)no2)c(C)c1NC(=O)c1cc(C(N)=O)c2ccccc2n1. The van der Waals surface area contributed by atoms with Crippen molar-refractivity contribution in [3.8, 4) is 0 Å². The van der Waals surface area contributed by atoms with Crippen molar-refractivity contribution in [3.63, 3.8) is 0 Å². The van der Waals surface area contributed by atoms with Crippen LogP contribution in [0, 0.1) is 13.8 Å². The van der Waals surface area contributed by atoms with Crippen molar-refractivity contribution in [2.45, 2.75) is 39.2 Å². The van der Waals surface area contributed by atoms with Crippen LogP contribution in [0.3, 0.4) is 0 Å². The number of carbonyl (C=O) groups excluding carboxylic acids is 2. The van der Waals surface area contributed by atoms with Gasteiger partial charge in [-0.2, -0.15) is 10.1 Å². The highest BCUT2D eigenvalue weighted by molar-refractivity contribution is 6.10. The van der Waals surface area contributed by atoms with Gasteiger partial charge in [-0.05, 0) is 38.8 Å². The number of aryl methyl sites for hydroxylation is 1. The molecule has 3 N–H and O–H groups in total. The number of pyridine rings is 1. The van der Waals surface area contributed by atoms with Crippen molar-refractivity contribution in [2.75, 3.05) is 5.32 Å². The standard InChI is InChI=1S/C22H21N7O3/c1-11-19(12(2)29(27-11)10-18-25-21(28-32-18)13-7-8-13)26-22(31)17-9-15(20(23)30)14-5-3-4-6-16(14)24-17/h3-6,9,13H,7-8,10H2,1-2H3,(H2,23,30)(H,26,31). The molecule has 0 spiro atoms. The second-order valence-corrected chi connectivity index (χ2v) is 7.91. The van der Waals surface area contributed by atoms with E-state index in [1.807, 2.05) is 6.92 Å². The molecule has 0 atom stereocenters. The Morgan fingerprint density at radius 1 is 1.22 bits per heavy atom. The highest BCUT2D eigenvalue weighted by Gasteiger charge is 2.29. The minimum absolute atomic E-state index is 0.0926. The number of nitrogens with zero attached hydrogens (tertiary/aromatic N) is 5. The van der Waals surface area contributed by atoms with E-state index in [2.05, 4.69) is 25.5 Å². The lowest BCUT2D eigenvalue weighted by atomic mass is 10.1. The zero-order valence-electron chi connectivity index (χ0n) is 17.6. The van der Waals surface area contributed by atoms with E-state index in [4.69, 9.17) is 10.3 Å². The Kier molecular flexibility index (Phi) is 4.69. The fourth-order valence-corrected chi connectivity index (χ4v) is 3.67. The fraction of sp³-hybridized carbons (Fsp3) is 0.273. The summed E-state index contributed by atoms with van der Waals surface area (Å²) < 4.78 is 7.04. The van der Waals surface area contributed by atoms with Crippen molar-refractivity contribution in [3.05, 3.63) is 64.7 Å². The highest BCUT2D eigenvalue weighted by atomic mass is 16.5. The number of rotatable bonds is 6. The van der Waals surface area contributed by atoms with Crippen molar-refractivity contribution in [1.82, 2.24) is 24.9 Å². The summed E-state index contributed by atoms with van der Waals surface area (Å²) in [6, 6.07) is 8.45. The van der Waals surface area contributed by atoms with E-state index in [1.54, 1.807) is 35.9 Å². The molecular formula is C22H21N7O3. The fourth-order valence-electron chi connectivity index (χ4n) is 3.67. The topological polar surface area (TPSA) is 142 Å². The second kappa shape index (κ2) is 7.56. The summed E-state index contributed by atoms with van der Waals surface area (Å²) in [7, 11) is 0. The van der Waals surface area contributed by atoms with Crippen LogP contribution in [-0.2, 0) is 6.54 Å². The number of nitrogens with two attached hydrogens (primary N) is 1. The van der Waals surface area contributed by atoms with E-state index in [1.165, 1.54) is 6.07 Å². The molecule has 2 amide bonds. The van der Waals surface area contributed by atoms with Crippen LogP contribution in [0.4, 0.5) is 5.69 Å². The summed E-state index contributed by atoms with van der Waals surface area (Å²) in [4.78, 5) is 33.7. The van der Waals surface area contributed by atoms with Gasteiger partial charge in [0.15, 0.2) is 5.82 Å². The Balaban J connectivity index is 1.41. The minimum Gasteiger partial charge on any atom is -0.366 e.